The predicted octanol–water partition coefficient (Wildman–Crippen LogP) is 2.28. The van der Waals surface area contributed by atoms with Crippen LogP contribution in [0.4, 0.5) is 0 Å². The van der Waals surface area contributed by atoms with E-state index in [1.165, 1.54) is 12.8 Å². The average Bonchev–Trinajstić information content (AvgIpc) is 3.06. The Morgan fingerprint density at radius 1 is 1.60 bits per heavy atom. The molecule has 112 valence electrons. The van der Waals surface area contributed by atoms with Gasteiger partial charge in [-0.2, -0.15) is 5.10 Å². The summed E-state index contributed by atoms with van der Waals surface area (Å²) in [6.45, 7) is 4.24. The molecule has 1 aliphatic carbocycles. The minimum Gasteiger partial charge on any atom is -0.337 e. The van der Waals surface area contributed by atoms with Crippen molar-refractivity contribution >= 4 is 34.2 Å². The highest BCUT2D eigenvalue weighted by Crippen LogP contribution is 2.43. The summed E-state index contributed by atoms with van der Waals surface area (Å²) in [4.78, 5) is 14.4. The number of nitrogens with one attached hydrogen (secondary N) is 1. The predicted molar refractivity (Wildman–Crippen MR) is 83.2 cm³/mol. The van der Waals surface area contributed by atoms with E-state index in [0.717, 1.165) is 29.7 Å². The topological polar surface area (TPSA) is 75.0 Å². The van der Waals surface area contributed by atoms with E-state index in [0.29, 0.717) is 18.2 Å². The van der Waals surface area contributed by atoms with E-state index in [-0.39, 0.29) is 23.7 Å². The van der Waals surface area contributed by atoms with E-state index in [1.54, 1.807) is 0 Å². The molecule has 0 spiro atoms. The average molecular weight is 364 g/mol. The number of halogens is 2. The van der Waals surface area contributed by atoms with Crippen LogP contribution in [0.1, 0.15) is 48.3 Å². The smallest absolute Gasteiger partial charge is 0.275 e. The zero-order valence-corrected chi connectivity index (χ0v) is 13.9. The Kier molecular flexibility index (Phi) is 4.47. The second-order valence-electron chi connectivity index (χ2n) is 6.07. The number of hydrogen-bond acceptors (Lipinski definition) is 3. The molecule has 2 aliphatic rings. The summed E-state index contributed by atoms with van der Waals surface area (Å²) in [6.07, 6.45) is 3.33. The number of carbonyl (C=O) groups is 1. The molecule has 7 heteroatoms. The van der Waals surface area contributed by atoms with Gasteiger partial charge in [0, 0.05) is 19.0 Å². The lowest BCUT2D eigenvalue weighted by atomic mass is 9.90. The van der Waals surface area contributed by atoms with Crippen molar-refractivity contribution in [2.75, 3.05) is 19.6 Å². The monoisotopic (exact) mass is 362 g/mol. The summed E-state index contributed by atoms with van der Waals surface area (Å²) in [7, 11) is 0. The Morgan fingerprint density at radius 3 is 2.85 bits per heavy atom. The molecule has 0 aromatic carbocycles. The van der Waals surface area contributed by atoms with Crippen LogP contribution in [0.2, 0.25) is 0 Å². The lowest BCUT2D eigenvalue weighted by Crippen LogP contribution is -2.34. The number of nitrogens with two attached hydrogens (primary N) is 1. The van der Waals surface area contributed by atoms with Gasteiger partial charge in [0.25, 0.3) is 5.91 Å². The number of carbonyl (C=O) groups excluding carboxylic acids is 1. The number of rotatable bonds is 3. The molecule has 1 unspecified atom stereocenters. The lowest BCUT2D eigenvalue weighted by molar-refractivity contribution is 0.0770. The van der Waals surface area contributed by atoms with Crippen molar-refractivity contribution in [2.45, 2.75) is 32.1 Å². The molecule has 2 fully saturated rings. The number of nitrogens with zero attached hydrogens (tertiary/aromatic N) is 2. The van der Waals surface area contributed by atoms with Crippen molar-refractivity contribution in [3.05, 3.63) is 15.9 Å². The Hall–Kier alpha value is -0.590. The number of aromatic amines is 1. The van der Waals surface area contributed by atoms with E-state index in [1.807, 2.05) is 4.90 Å². The van der Waals surface area contributed by atoms with Gasteiger partial charge in [-0.15, -0.1) is 12.4 Å². The van der Waals surface area contributed by atoms with Crippen LogP contribution < -0.4 is 5.73 Å². The third-order valence-corrected chi connectivity index (χ3v) is 5.06. The van der Waals surface area contributed by atoms with E-state index in [9.17, 15) is 4.79 Å². The van der Waals surface area contributed by atoms with Crippen LogP contribution in [0.15, 0.2) is 4.47 Å². The van der Waals surface area contributed by atoms with Crippen molar-refractivity contribution in [1.82, 2.24) is 15.1 Å². The molecular weight excluding hydrogens is 344 g/mol. The van der Waals surface area contributed by atoms with Crippen LogP contribution in [0.3, 0.4) is 0 Å². The van der Waals surface area contributed by atoms with E-state index in [2.05, 4.69) is 33.1 Å². The Bertz CT molecular complexity index is 516. The summed E-state index contributed by atoms with van der Waals surface area (Å²) < 4.78 is 0.848. The van der Waals surface area contributed by atoms with Gasteiger partial charge in [0.05, 0.1) is 10.2 Å². The van der Waals surface area contributed by atoms with Crippen molar-refractivity contribution < 1.29 is 4.79 Å². The first-order valence-corrected chi connectivity index (χ1v) is 7.56. The second-order valence-corrected chi connectivity index (χ2v) is 6.86. The maximum absolute atomic E-state index is 12.5. The van der Waals surface area contributed by atoms with Gasteiger partial charge in [-0.3, -0.25) is 9.89 Å². The fourth-order valence-corrected chi connectivity index (χ4v) is 3.31. The summed E-state index contributed by atoms with van der Waals surface area (Å²) in [5, 5.41) is 7.21. The highest BCUT2D eigenvalue weighted by molar-refractivity contribution is 9.10. The minimum atomic E-state index is 0. The fraction of sp³-hybridized carbons (Fsp3) is 0.692. The SMILES string of the molecule is CC1(CN)CCN(C(=O)c2n[nH]c(C3CC3)c2Br)C1.Cl. The Labute approximate surface area is 133 Å². The van der Waals surface area contributed by atoms with E-state index < -0.39 is 0 Å². The van der Waals surface area contributed by atoms with Gasteiger partial charge >= 0.3 is 0 Å². The molecule has 3 rings (SSSR count). The largest absolute Gasteiger partial charge is 0.337 e. The van der Waals surface area contributed by atoms with Crippen LogP contribution in [0.25, 0.3) is 0 Å². The quantitative estimate of drug-likeness (QED) is 0.865. The van der Waals surface area contributed by atoms with Crippen molar-refractivity contribution in [3.63, 3.8) is 0 Å². The third kappa shape index (κ3) is 2.73. The minimum absolute atomic E-state index is 0. The molecule has 0 radical (unpaired) electrons. The molecule has 1 aromatic rings. The number of likely N-dealkylation sites (tertiary alicyclic amines) is 1. The standard InChI is InChI=1S/C13H19BrN4O.ClH/c1-13(6-15)4-5-18(7-13)12(19)11-9(14)10(16-17-11)8-2-3-8;/h8H,2-7,15H2,1H3,(H,16,17);1H. The molecule has 1 aliphatic heterocycles. The van der Waals surface area contributed by atoms with Crippen molar-refractivity contribution in [3.8, 4) is 0 Å². The van der Waals surface area contributed by atoms with Gasteiger partial charge < -0.3 is 10.6 Å². The highest BCUT2D eigenvalue weighted by Gasteiger charge is 2.37. The Morgan fingerprint density at radius 2 is 2.30 bits per heavy atom. The van der Waals surface area contributed by atoms with Gasteiger partial charge in [-0.25, -0.2) is 0 Å². The third-order valence-electron chi connectivity index (χ3n) is 4.26. The maximum atomic E-state index is 12.5. The first-order chi connectivity index (χ1) is 9.04. The molecule has 1 saturated carbocycles. The van der Waals surface area contributed by atoms with Crippen molar-refractivity contribution in [1.29, 1.82) is 0 Å². The van der Waals surface area contributed by atoms with E-state index in [4.69, 9.17) is 5.73 Å². The second kappa shape index (κ2) is 5.66. The van der Waals surface area contributed by atoms with Crippen LogP contribution in [-0.4, -0.2) is 40.6 Å². The molecule has 1 amide bonds. The molecule has 1 aromatic heterocycles. The number of amides is 1. The number of aromatic nitrogens is 2. The molecule has 1 atom stereocenters. The van der Waals surface area contributed by atoms with Gasteiger partial charge in [0.1, 0.15) is 0 Å². The molecule has 0 bridgehead atoms. The zero-order valence-electron chi connectivity index (χ0n) is 11.5. The number of hydrogen-bond donors (Lipinski definition) is 2. The molecule has 1 saturated heterocycles. The molecular formula is C13H20BrClN4O. The van der Waals surface area contributed by atoms with Gasteiger partial charge in [0.2, 0.25) is 0 Å². The molecule has 2 heterocycles. The maximum Gasteiger partial charge on any atom is 0.275 e. The Balaban J connectivity index is 0.00000147. The van der Waals surface area contributed by atoms with Gasteiger partial charge in [-0.05, 0) is 47.2 Å². The van der Waals surface area contributed by atoms with Crippen LogP contribution in [0.5, 0.6) is 0 Å². The molecule has 5 nitrogen and oxygen atoms in total. The fourth-order valence-electron chi connectivity index (χ4n) is 2.64. The first-order valence-electron chi connectivity index (χ1n) is 6.77. The van der Waals surface area contributed by atoms with Crippen molar-refractivity contribution in [2.24, 2.45) is 11.1 Å². The summed E-state index contributed by atoms with van der Waals surface area (Å²) in [5.41, 5.74) is 7.43. The van der Waals surface area contributed by atoms with Gasteiger partial charge in [0.15, 0.2) is 5.69 Å². The van der Waals surface area contributed by atoms with Crippen LogP contribution in [0, 0.1) is 5.41 Å². The summed E-state index contributed by atoms with van der Waals surface area (Å²) in [5.74, 6) is 0.559. The summed E-state index contributed by atoms with van der Waals surface area (Å²) in [6, 6.07) is 0. The zero-order chi connectivity index (χ0) is 13.6. The first kappa shape index (κ1) is 15.8. The highest BCUT2D eigenvalue weighted by atomic mass is 79.9. The van der Waals surface area contributed by atoms with Crippen LogP contribution >= 0.6 is 28.3 Å². The number of H-pyrrole nitrogens is 1. The summed E-state index contributed by atoms with van der Waals surface area (Å²) >= 11 is 3.52. The van der Waals surface area contributed by atoms with Gasteiger partial charge in [-0.1, -0.05) is 6.92 Å². The normalized spacial score (nSPS) is 25.6. The molecule has 20 heavy (non-hydrogen) atoms. The van der Waals surface area contributed by atoms with E-state index >= 15 is 0 Å². The lowest BCUT2D eigenvalue weighted by Gasteiger charge is -2.22. The molecule has 3 N–H and O–H groups in total. The van der Waals surface area contributed by atoms with Crippen LogP contribution in [-0.2, 0) is 0 Å².